The Kier molecular flexibility index (Phi) is 5.04. The number of carbonyl (C=O) groups is 1. The Balaban J connectivity index is 1.97. The molecule has 110 valence electrons. The predicted molar refractivity (Wildman–Crippen MR) is 85.3 cm³/mol. The molecule has 0 saturated heterocycles. The molecule has 0 aliphatic heterocycles. The summed E-state index contributed by atoms with van der Waals surface area (Å²) in [6, 6.07) is 15.5. The minimum absolute atomic E-state index is 0.322. The summed E-state index contributed by atoms with van der Waals surface area (Å²) in [4.78, 5) is 11.4. The van der Waals surface area contributed by atoms with Crippen molar-refractivity contribution in [3.63, 3.8) is 0 Å². The average Bonchev–Trinajstić information content (AvgIpc) is 2.49. The lowest BCUT2D eigenvalue weighted by atomic mass is 10.2. The van der Waals surface area contributed by atoms with E-state index < -0.39 is 6.09 Å². The van der Waals surface area contributed by atoms with Crippen LogP contribution in [0.15, 0.2) is 48.5 Å². The van der Waals surface area contributed by atoms with Gasteiger partial charge in [0.1, 0.15) is 0 Å². The summed E-state index contributed by atoms with van der Waals surface area (Å²) in [5.41, 5.74) is 9.03. The summed E-state index contributed by atoms with van der Waals surface area (Å²) >= 11 is 0. The number of benzene rings is 2. The quantitative estimate of drug-likeness (QED) is 0.735. The predicted octanol–water partition coefficient (Wildman–Crippen LogP) is 3.45. The molecule has 0 bridgehead atoms. The van der Waals surface area contributed by atoms with Crippen LogP contribution in [0.25, 0.3) is 0 Å². The van der Waals surface area contributed by atoms with E-state index in [1.165, 1.54) is 5.56 Å². The van der Waals surface area contributed by atoms with E-state index >= 15 is 0 Å². The highest BCUT2D eigenvalue weighted by Gasteiger charge is 2.06. The first-order chi connectivity index (χ1) is 10.2. The van der Waals surface area contributed by atoms with Crippen molar-refractivity contribution in [1.82, 2.24) is 0 Å². The summed E-state index contributed by atoms with van der Waals surface area (Å²) in [5.74, 6) is 0. The van der Waals surface area contributed by atoms with Gasteiger partial charge in [-0.15, -0.1) is 0 Å². The van der Waals surface area contributed by atoms with Crippen LogP contribution < -0.4 is 16.4 Å². The lowest BCUT2D eigenvalue weighted by molar-refractivity contribution is 0.168. The fourth-order valence-electron chi connectivity index (χ4n) is 1.86. The molecule has 21 heavy (non-hydrogen) atoms. The van der Waals surface area contributed by atoms with Crippen molar-refractivity contribution in [3.8, 4) is 0 Å². The molecule has 1 amide bonds. The van der Waals surface area contributed by atoms with Crippen LogP contribution in [0, 0.1) is 0 Å². The molecule has 0 spiro atoms. The van der Waals surface area contributed by atoms with E-state index in [-0.39, 0.29) is 0 Å². The maximum absolute atomic E-state index is 11.4. The lowest BCUT2D eigenvalue weighted by Crippen LogP contribution is -2.14. The lowest BCUT2D eigenvalue weighted by Gasteiger charge is -2.11. The number of amides is 1. The Labute approximate surface area is 124 Å². The summed E-state index contributed by atoms with van der Waals surface area (Å²) in [5, 5.41) is 5.88. The van der Waals surface area contributed by atoms with Crippen molar-refractivity contribution in [1.29, 1.82) is 0 Å². The van der Waals surface area contributed by atoms with Crippen molar-refractivity contribution in [2.45, 2.75) is 13.5 Å². The van der Waals surface area contributed by atoms with Crippen LogP contribution in [0.2, 0.25) is 0 Å². The van der Waals surface area contributed by atoms with Gasteiger partial charge in [-0.1, -0.05) is 30.3 Å². The number of nitrogen functional groups attached to an aromatic ring is 1. The molecule has 4 N–H and O–H groups in total. The molecule has 5 nitrogen and oxygen atoms in total. The molecule has 0 heterocycles. The highest BCUT2D eigenvalue weighted by atomic mass is 16.5. The van der Waals surface area contributed by atoms with Gasteiger partial charge in [0.25, 0.3) is 0 Å². The standard InChI is InChI=1S/C16H19N3O2/c1-2-21-16(20)19-15-9-8-13(10-14(15)17)18-11-12-6-4-3-5-7-12/h3-10,18H,2,11,17H2,1H3,(H,19,20). The first-order valence-corrected chi connectivity index (χ1v) is 6.80. The van der Waals surface area contributed by atoms with E-state index in [2.05, 4.69) is 10.6 Å². The minimum Gasteiger partial charge on any atom is -0.450 e. The average molecular weight is 285 g/mol. The van der Waals surface area contributed by atoms with E-state index in [1.54, 1.807) is 19.1 Å². The maximum atomic E-state index is 11.4. The minimum atomic E-state index is -0.505. The number of rotatable bonds is 5. The molecule has 0 unspecified atom stereocenters. The van der Waals surface area contributed by atoms with Gasteiger partial charge in [0.15, 0.2) is 0 Å². The zero-order valence-corrected chi connectivity index (χ0v) is 11.9. The van der Waals surface area contributed by atoms with Crippen molar-refractivity contribution in [3.05, 3.63) is 54.1 Å². The van der Waals surface area contributed by atoms with Crippen molar-refractivity contribution in [2.75, 3.05) is 23.0 Å². The van der Waals surface area contributed by atoms with Crippen LogP contribution in [-0.2, 0) is 11.3 Å². The van der Waals surface area contributed by atoms with Crippen molar-refractivity contribution >= 4 is 23.2 Å². The largest absolute Gasteiger partial charge is 0.450 e. The number of hydrogen-bond acceptors (Lipinski definition) is 4. The topological polar surface area (TPSA) is 76.4 Å². The van der Waals surface area contributed by atoms with Gasteiger partial charge >= 0.3 is 6.09 Å². The van der Waals surface area contributed by atoms with E-state index in [0.717, 1.165) is 5.69 Å². The van der Waals surface area contributed by atoms with Crippen LogP contribution in [-0.4, -0.2) is 12.7 Å². The second kappa shape index (κ2) is 7.19. The van der Waals surface area contributed by atoms with Gasteiger partial charge in [0.05, 0.1) is 18.0 Å². The maximum Gasteiger partial charge on any atom is 0.411 e. The Hall–Kier alpha value is -2.69. The fourth-order valence-corrected chi connectivity index (χ4v) is 1.86. The van der Waals surface area contributed by atoms with E-state index in [1.807, 2.05) is 36.4 Å². The first kappa shape index (κ1) is 14.7. The van der Waals surface area contributed by atoms with Crippen LogP contribution >= 0.6 is 0 Å². The second-order valence-electron chi connectivity index (χ2n) is 4.49. The summed E-state index contributed by atoms with van der Waals surface area (Å²) < 4.78 is 4.82. The molecule has 2 rings (SSSR count). The summed E-state index contributed by atoms with van der Waals surface area (Å²) in [6.45, 7) is 2.78. The third-order valence-corrected chi connectivity index (χ3v) is 2.90. The van der Waals surface area contributed by atoms with Crippen LogP contribution in [0.1, 0.15) is 12.5 Å². The van der Waals surface area contributed by atoms with Gasteiger partial charge in [-0.2, -0.15) is 0 Å². The number of anilines is 3. The van der Waals surface area contributed by atoms with Gasteiger partial charge in [0, 0.05) is 12.2 Å². The van der Waals surface area contributed by atoms with E-state index in [4.69, 9.17) is 10.5 Å². The Bertz CT molecular complexity index is 600. The Morgan fingerprint density at radius 1 is 1.19 bits per heavy atom. The van der Waals surface area contributed by atoms with Crippen molar-refractivity contribution < 1.29 is 9.53 Å². The van der Waals surface area contributed by atoms with E-state index in [9.17, 15) is 4.79 Å². The number of carbonyl (C=O) groups excluding carboxylic acids is 1. The van der Waals surface area contributed by atoms with Gasteiger partial charge < -0.3 is 15.8 Å². The van der Waals surface area contributed by atoms with Gasteiger partial charge in [-0.3, -0.25) is 5.32 Å². The van der Waals surface area contributed by atoms with Gasteiger partial charge in [-0.25, -0.2) is 4.79 Å². The van der Waals surface area contributed by atoms with Gasteiger partial charge in [0.2, 0.25) is 0 Å². The third-order valence-electron chi connectivity index (χ3n) is 2.90. The van der Waals surface area contributed by atoms with Gasteiger partial charge in [-0.05, 0) is 30.7 Å². The molecule has 0 atom stereocenters. The van der Waals surface area contributed by atoms with Crippen LogP contribution in [0.3, 0.4) is 0 Å². The molecule has 2 aromatic carbocycles. The van der Waals surface area contributed by atoms with Crippen LogP contribution in [0.4, 0.5) is 21.9 Å². The highest BCUT2D eigenvalue weighted by molar-refractivity contribution is 5.89. The fraction of sp³-hybridized carbons (Fsp3) is 0.188. The molecule has 0 radical (unpaired) electrons. The highest BCUT2D eigenvalue weighted by Crippen LogP contribution is 2.23. The van der Waals surface area contributed by atoms with Crippen LogP contribution in [0.5, 0.6) is 0 Å². The molecular weight excluding hydrogens is 266 g/mol. The first-order valence-electron chi connectivity index (χ1n) is 6.80. The number of nitrogens with one attached hydrogen (secondary N) is 2. The Morgan fingerprint density at radius 2 is 1.95 bits per heavy atom. The van der Waals surface area contributed by atoms with E-state index in [0.29, 0.717) is 24.5 Å². The molecule has 0 fully saturated rings. The second-order valence-corrected chi connectivity index (χ2v) is 4.49. The number of hydrogen-bond donors (Lipinski definition) is 3. The molecule has 0 saturated carbocycles. The van der Waals surface area contributed by atoms with Crippen molar-refractivity contribution in [2.24, 2.45) is 0 Å². The zero-order valence-electron chi connectivity index (χ0n) is 11.9. The SMILES string of the molecule is CCOC(=O)Nc1ccc(NCc2ccccc2)cc1N. The monoisotopic (exact) mass is 285 g/mol. The summed E-state index contributed by atoms with van der Waals surface area (Å²) in [6.07, 6.45) is -0.505. The smallest absolute Gasteiger partial charge is 0.411 e. The Morgan fingerprint density at radius 3 is 2.62 bits per heavy atom. The summed E-state index contributed by atoms with van der Waals surface area (Å²) in [7, 11) is 0. The molecule has 0 aliphatic rings. The molecule has 2 aromatic rings. The molecule has 0 aromatic heterocycles. The number of nitrogens with two attached hydrogens (primary N) is 1. The zero-order chi connectivity index (χ0) is 15.1. The normalized spacial score (nSPS) is 9.95. The molecule has 0 aliphatic carbocycles. The number of ether oxygens (including phenoxy) is 1. The molecule has 5 heteroatoms. The third kappa shape index (κ3) is 4.42. The molecular formula is C16H19N3O2.